The molecule has 0 aliphatic heterocycles. The minimum Gasteiger partial charge on any atom is -0.481 e. The number of hydrogen-bond donors (Lipinski definition) is 1. The monoisotopic (exact) mass is 409 g/mol. The highest BCUT2D eigenvalue weighted by Crippen LogP contribution is 2.19. The molecule has 0 saturated heterocycles. The van der Waals surface area contributed by atoms with E-state index in [0.717, 1.165) is 19.3 Å². The van der Waals surface area contributed by atoms with E-state index in [1.807, 2.05) is 13.8 Å². The third-order valence-corrected chi connectivity index (χ3v) is 5.67. The van der Waals surface area contributed by atoms with Crippen LogP contribution in [0.2, 0.25) is 0 Å². The third kappa shape index (κ3) is 16.2. The van der Waals surface area contributed by atoms with Gasteiger partial charge in [0, 0.05) is 19.0 Å². The number of aliphatic carboxylic acids is 1. The highest BCUT2D eigenvalue weighted by atomic mass is 16.4. The maximum absolute atomic E-state index is 12.5. The fourth-order valence-electron chi connectivity index (χ4n) is 3.85. The highest BCUT2D eigenvalue weighted by Gasteiger charge is 2.24. The summed E-state index contributed by atoms with van der Waals surface area (Å²) in [5, 5.41) is 9.11. The van der Waals surface area contributed by atoms with Gasteiger partial charge in [-0.3, -0.25) is 9.59 Å². The SMILES string of the molecule is CC/C=C/CCCCCCCCCCCCCC(CC(=O)O)C(=O)N(CC)CC. The van der Waals surface area contributed by atoms with E-state index >= 15 is 0 Å². The minimum atomic E-state index is -0.868. The van der Waals surface area contributed by atoms with E-state index in [0.29, 0.717) is 19.5 Å². The fraction of sp³-hybridized carbons (Fsp3) is 0.840. The number of carboxylic acid groups (broad SMARTS) is 1. The first kappa shape index (κ1) is 27.7. The summed E-state index contributed by atoms with van der Waals surface area (Å²) in [4.78, 5) is 25.3. The molecule has 0 aliphatic rings. The lowest BCUT2D eigenvalue weighted by atomic mass is 9.95. The molecule has 0 bridgehead atoms. The second kappa shape index (κ2) is 20.0. The number of hydrogen-bond acceptors (Lipinski definition) is 2. The lowest BCUT2D eigenvalue weighted by molar-refractivity contribution is -0.144. The van der Waals surface area contributed by atoms with Crippen molar-refractivity contribution in [3.63, 3.8) is 0 Å². The predicted molar refractivity (Wildman–Crippen MR) is 123 cm³/mol. The topological polar surface area (TPSA) is 57.6 Å². The molecule has 1 unspecified atom stereocenters. The molecule has 0 aromatic carbocycles. The molecule has 29 heavy (non-hydrogen) atoms. The van der Waals surface area contributed by atoms with Crippen molar-refractivity contribution in [1.82, 2.24) is 4.90 Å². The quantitative estimate of drug-likeness (QED) is 0.174. The zero-order valence-corrected chi connectivity index (χ0v) is 19.5. The molecule has 0 fully saturated rings. The van der Waals surface area contributed by atoms with Crippen LogP contribution in [0.3, 0.4) is 0 Å². The van der Waals surface area contributed by atoms with E-state index in [1.165, 1.54) is 64.2 Å². The van der Waals surface area contributed by atoms with Crippen LogP contribution in [0.4, 0.5) is 0 Å². The van der Waals surface area contributed by atoms with Crippen molar-refractivity contribution in [2.45, 2.75) is 117 Å². The van der Waals surface area contributed by atoms with Crippen molar-refractivity contribution in [2.75, 3.05) is 13.1 Å². The van der Waals surface area contributed by atoms with Gasteiger partial charge in [0.2, 0.25) is 5.91 Å². The summed E-state index contributed by atoms with van der Waals surface area (Å²) in [5.41, 5.74) is 0. The molecule has 0 spiro atoms. The number of carboxylic acids is 1. The molecule has 4 heteroatoms. The van der Waals surface area contributed by atoms with Crippen LogP contribution < -0.4 is 0 Å². The molecule has 0 aromatic rings. The van der Waals surface area contributed by atoms with E-state index in [1.54, 1.807) is 4.90 Å². The van der Waals surface area contributed by atoms with Gasteiger partial charge in [-0.2, -0.15) is 0 Å². The van der Waals surface area contributed by atoms with Crippen LogP contribution >= 0.6 is 0 Å². The number of nitrogens with zero attached hydrogens (tertiary/aromatic N) is 1. The third-order valence-electron chi connectivity index (χ3n) is 5.67. The van der Waals surface area contributed by atoms with Crippen LogP contribution in [0, 0.1) is 5.92 Å². The van der Waals surface area contributed by atoms with Crippen molar-refractivity contribution < 1.29 is 14.7 Å². The van der Waals surface area contributed by atoms with Crippen molar-refractivity contribution in [1.29, 1.82) is 0 Å². The molecule has 1 amide bonds. The summed E-state index contributed by atoms with van der Waals surface area (Å²) in [6.07, 6.45) is 21.5. The van der Waals surface area contributed by atoms with Gasteiger partial charge >= 0.3 is 5.97 Å². The van der Waals surface area contributed by atoms with Crippen LogP contribution in [0.5, 0.6) is 0 Å². The Morgan fingerprint density at radius 3 is 1.69 bits per heavy atom. The molecule has 0 aromatic heterocycles. The molecule has 4 nitrogen and oxygen atoms in total. The molecule has 0 heterocycles. The Morgan fingerprint density at radius 2 is 1.24 bits per heavy atom. The summed E-state index contributed by atoms with van der Waals surface area (Å²) < 4.78 is 0. The number of carbonyl (C=O) groups is 2. The Bertz CT molecular complexity index is 430. The standard InChI is InChI=1S/C25H47NO3/c1-4-7-8-9-10-11-12-13-14-15-16-17-18-19-20-21-23(22-24(27)28)25(29)26(5-2)6-3/h7-8,23H,4-6,9-22H2,1-3H3,(H,27,28)/b8-7+. The number of amides is 1. The number of rotatable bonds is 20. The predicted octanol–water partition coefficient (Wildman–Crippen LogP) is 6.98. The average Bonchev–Trinajstić information content (AvgIpc) is 2.70. The van der Waals surface area contributed by atoms with Crippen molar-refractivity contribution in [3.8, 4) is 0 Å². The van der Waals surface area contributed by atoms with Crippen LogP contribution in [-0.4, -0.2) is 35.0 Å². The fourth-order valence-corrected chi connectivity index (χ4v) is 3.85. The minimum absolute atomic E-state index is 0.0128. The second-order valence-electron chi connectivity index (χ2n) is 8.15. The number of unbranched alkanes of at least 4 members (excludes halogenated alkanes) is 11. The molecule has 0 rings (SSSR count). The molecule has 170 valence electrons. The molecule has 1 atom stereocenters. The number of allylic oxidation sites excluding steroid dienone is 2. The van der Waals surface area contributed by atoms with E-state index in [-0.39, 0.29) is 18.2 Å². The Balaban J connectivity index is 3.68. The molecule has 0 aliphatic carbocycles. The normalized spacial score (nSPS) is 12.4. The largest absolute Gasteiger partial charge is 0.481 e. The lowest BCUT2D eigenvalue weighted by Gasteiger charge is -2.24. The first-order valence-corrected chi connectivity index (χ1v) is 12.2. The Morgan fingerprint density at radius 1 is 0.759 bits per heavy atom. The van der Waals surface area contributed by atoms with Gasteiger partial charge < -0.3 is 10.0 Å². The van der Waals surface area contributed by atoms with Crippen molar-refractivity contribution in [3.05, 3.63) is 12.2 Å². The summed E-state index contributed by atoms with van der Waals surface area (Å²) in [7, 11) is 0. The van der Waals surface area contributed by atoms with Gasteiger partial charge in [0.25, 0.3) is 0 Å². The first-order valence-electron chi connectivity index (χ1n) is 12.2. The zero-order chi connectivity index (χ0) is 21.7. The summed E-state index contributed by atoms with van der Waals surface area (Å²) >= 11 is 0. The first-order chi connectivity index (χ1) is 14.1. The maximum Gasteiger partial charge on any atom is 0.304 e. The summed E-state index contributed by atoms with van der Waals surface area (Å²) in [6.45, 7) is 7.39. The molecular weight excluding hydrogens is 362 g/mol. The smallest absolute Gasteiger partial charge is 0.304 e. The number of carbonyl (C=O) groups excluding carboxylic acids is 1. The van der Waals surface area contributed by atoms with Crippen LogP contribution in [0.15, 0.2) is 12.2 Å². The van der Waals surface area contributed by atoms with Gasteiger partial charge in [0.1, 0.15) is 0 Å². The Kier molecular flexibility index (Phi) is 19.1. The zero-order valence-electron chi connectivity index (χ0n) is 19.5. The average molecular weight is 410 g/mol. The van der Waals surface area contributed by atoms with E-state index in [2.05, 4.69) is 19.1 Å². The van der Waals surface area contributed by atoms with Crippen LogP contribution in [-0.2, 0) is 9.59 Å². The Labute approximate surface area is 180 Å². The molecule has 0 radical (unpaired) electrons. The van der Waals surface area contributed by atoms with Crippen LogP contribution in [0.1, 0.15) is 117 Å². The van der Waals surface area contributed by atoms with E-state index < -0.39 is 5.97 Å². The molecule has 0 saturated carbocycles. The van der Waals surface area contributed by atoms with Gasteiger partial charge in [0.15, 0.2) is 0 Å². The van der Waals surface area contributed by atoms with E-state index in [4.69, 9.17) is 5.11 Å². The second-order valence-corrected chi connectivity index (χ2v) is 8.15. The van der Waals surface area contributed by atoms with Gasteiger partial charge in [-0.1, -0.05) is 83.3 Å². The highest BCUT2D eigenvalue weighted by molar-refractivity contribution is 5.83. The lowest BCUT2D eigenvalue weighted by Crippen LogP contribution is -2.36. The van der Waals surface area contributed by atoms with Gasteiger partial charge in [0.05, 0.1) is 6.42 Å². The maximum atomic E-state index is 12.5. The van der Waals surface area contributed by atoms with Gasteiger partial charge in [-0.15, -0.1) is 0 Å². The van der Waals surface area contributed by atoms with Crippen molar-refractivity contribution >= 4 is 11.9 Å². The summed E-state index contributed by atoms with van der Waals surface area (Å²) in [6, 6.07) is 0. The van der Waals surface area contributed by atoms with Crippen molar-refractivity contribution in [2.24, 2.45) is 5.92 Å². The van der Waals surface area contributed by atoms with Crippen LogP contribution in [0.25, 0.3) is 0 Å². The van der Waals surface area contributed by atoms with E-state index in [9.17, 15) is 9.59 Å². The Hall–Kier alpha value is -1.32. The van der Waals surface area contributed by atoms with Gasteiger partial charge in [-0.25, -0.2) is 0 Å². The molecule has 1 N–H and O–H groups in total. The molecular formula is C25H47NO3. The summed E-state index contributed by atoms with van der Waals surface area (Å²) in [5.74, 6) is -1.21. The van der Waals surface area contributed by atoms with Gasteiger partial charge in [-0.05, 0) is 39.5 Å².